The minimum Gasteiger partial charge on any atom is -0.477 e. The van der Waals surface area contributed by atoms with Crippen LogP contribution in [-0.4, -0.2) is 34.6 Å². The maximum absolute atomic E-state index is 6.14. The highest BCUT2D eigenvalue weighted by molar-refractivity contribution is 5.88. The van der Waals surface area contributed by atoms with Gasteiger partial charge in [0.25, 0.3) is 0 Å². The molecule has 188 valence electrons. The summed E-state index contributed by atoms with van der Waals surface area (Å²) in [5.41, 5.74) is 7.24. The Hall–Kier alpha value is -3.54. The van der Waals surface area contributed by atoms with Gasteiger partial charge in [0.05, 0.1) is 6.61 Å². The number of hydrogen-bond acceptors (Lipinski definition) is 5. The molecule has 6 heteroatoms. The summed E-state index contributed by atoms with van der Waals surface area (Å²) in [6.07, 6.45) is 9.59. The lowest BCUT2D eigenvalue weighted by Crippen LogP contribution is -2.26. The van der Waals surface area contributed by atoms with Crippen LogP contribution in [0.1, 0.15) is 56.5 Å². The Bertz CT molecular complexity index is 1280. The smallest absolute Gasteiger partial charge is 0.217 e. The van der Waals surface area contributed by atoms with E-state index in [9.17, 15) is 0 Å². The summed E-state index contributed by atoms with van der Waals surface area (Å²) in [6, 6.07) is 16.8. The molecular formula is C30H37N5O. The molecule has 0 amide bonds. The second-order valence-corrected chi connectivity index (χ2v) is 9.63. The van der Waals surface area contributed by atoms with E-state index in [1.165, 1.54) is 35.0 Å². The number of nitrogens with zero attached hydrogens (tertiary/aromatic N) is 3. The van der Waals surface area contributed by atoms with Crippen molar-refractivity contribution in [3.63, 3.8) is 0 Å². The number of fused-ring (bicyclic) bond motifs is 3. The Balaban J connectivity index is 1.40. The van der Waals surface area contributed by atoms with Gasteiger partial charge in [-0.2, -0.15) is 4.98 Å². The topological polar surface area (TPSA) is 66.1 Å². The number of hydrogen-bond donors (Lipinski definition) is 2. The van der Waals surface area contributed by atoms with Crippen LogP contribution < -0.4 is 15.0 Å². The lowest BCUT2D eigenvalue weighted by Gasteiger charge is -2.24. The SMILES string of the molecule is CCCN(CCC)c1cc(Nc2ccc3[nH]c4c(c3c2)CCCC4)cc(OCCc2ccccn2)n1. The van der Waals surface area contributed by atoms with E-state index >= 15 is 0 Å². The third kappa shape index (κ3) is 5.64. The second kappa shape index (κ2) is 11.5. The molecular weight excluding hydrogens is 446 g/mol. The summed E-state index contributed by atoms with van der Waals surface area (Å²) in [4.78, 5) is 15.3. The molecule has 36 heavy (non-hydrogen) atoms. The van der Waals surface area contributed by atoms with E-state index in [1.807, 2.05) is 30.5 Å². The van der Waals surface area contributed by atoms with E-state index in [-0.39, 0.29) is 0 Å². The van der Waals surface area contributed by atoms with Crippen molar-refractivity contribution in [3.05, 3.63) is 71.7 Å². The van der Waals surface area contributed by atoms with Gasteiger partial charge in [-0.05, 0) is 74.4 Å². The Morgan fingerprint density at radius 1 is 0.972 bits per heavy atom. The van der Waals surface area contributed by atoms with Crippen molar-refractivity contribution in [3.8, 4) is 5.88 Å². The van der Waals surface area contributed by atoms with Gasteiger partial charge in [0.1, 0.15) is 5.82 Å². The zero-order chi connectivity index (χ0) is 24.7. The lowest BCUT2D eigenvalue weighted by molar-refractivity contribution is 0.308. The monoisotopic (exact) mass is 483 g/mol. The molecule has 0 fully saturated rings. The van der Waals surface area contributed by atoms with Crippen LogP contribution in [0.5, 0.6) is 5.88 Å². The number of aryl methyl sites for hydroxylation is 2. The van der Waals surface area contributed by atoms with Crippen molar-refractivity contribution < 1.29 is 4.74 Å². The number of aromatic nitrogens is 3. The van der Waals surface area contributed by atoms with Crippen LogP contribution >= 0.6 is 0 Å². The van der Waals surface area contributed by atoms with Crippen LogP contribution in [0.4, 0.5) is 17.2 Å². The lowest BCUT2D eigenvalue weighted by atomic mass is 9.95. The fourth-order valence-corrected chi connectivity index (χ4v) is 5.14. The summed E-state index contributed by atoms with van der Waals surface area (Å²) in [7, 11) is 0. The molecule has 0 aliphatic heterocycles. The number of rotatable bonds is 11. The van der Waals surface area contributed by atoms with Crippen LogP contribution in [0, 0.1) is 0 Å². The Morgan fingerprint density at radius 2 is 1.83 bits per heavy atom. The third-order valence-corrected chi connectivity index (χ3v) is 6.82. The number of aromatic amines is 1. The van der Waals surface area contributed by atoms with Gasteiger partial charge in [0.2, 0.25) is 5.88 Å². The van der Waals surface area contributed by atoms with E-state index in [1.54, 1.807) is 0 Å². The first-order chi connectivity index (χ1) is 17.7. The van der Waals surface area contributed by atoms with Gasteiger partial charge in [-0.15, -0.1) is 0 Å². The number of H-pyrrole nitrogens is 1. The second-order valence-electron chi connectivity index (χ2n) is 9.63. The van der Waals surface area contributed by atoms with Crippen molar-refractivity contribution in [2.45, 2.75) is 58.8 Å². The van der Waals surface area contributed by atoms with Crippen molar-refractivity contribution in [1.29, 1.82) is 0 Å². The summed E-state index contributed by atoms with van der Waals surface area (Å²) >= 11 is 0. The maximum atomic E-state index is 6.14. The zero-order valence-electron chi connectivity index (χ0n) is 21.5. The van der Waals surface area contributed by atoms with Crippen molar-refractivity contribution in [2.75, 3.05) is 29.9 Å². The van der Waals surface area contributed by atoms with Crippen LogP contribution in [-0.2, 0) is 19.3 Å². The minimum atomic E-state index is 0.538. The first kappa shape index (κ1) is 24.2. The average Bonchev–Trinajstić information content (AvgIpc) is 3.27. The standard InChI is InChI=1S/C30H37N5O/c1-3-16-35(17-4-2)29-20-24(21-30(34-29)36-18-14-22-9-7-8-15-31-22)32-23-12-13-28-26(19-23)25-10-5-6-11-27(25)33-28/h7-9,12-13,15,19-21,33H,3-6,10-11,14,16-18H2,1-2H3,(H,32,34). The highest BCUT2D eigenvalue weighted by atomic mass is 16.5. The predicted molar refractivity (Wildman–Crippen MR) is 149 cm³/mol. The summed E-state index contributed by atoms with van der Waals surface area (Å²) in [5.74, 6) is 1.60. The van der Waals surface area contributed by atoms with Gasteiger partial charge < -0.3 is 19.9 Å². The van der Waals surface area contributed by atoms with Crippen molar-refractivity contribution in [1.82, 2.24) is 15.0 Å². The molecule has 4 aromatic rings. The Morgan fingerprint density at radius 3 is 2.64 bits per heavy atom. The Labute approximate surface area is 214 Å². The van der Waals surface area contributed by atoms with E-state index in [0.717, 1.165) is 68.1 Å². The van der Waals surface area contributed by atoms with Crippen LogP contribution in [0.3, 0.4) is 0 Å². The first-order valence-corrected chi connectivity index (χ1v) is 13.4. The maximum Gasteiger partial charge on any atom is 0.217 e. The molecule has 0 spiro atoms. The molecule has 0 saturated carbocycles. The number of benzene rings is 1. The summed E-state index contributed by atoms with van der Waals surface area (Å²) in [6.45, 7) is 6.90. The normalized spacial score (nSPS) is 12.9. The summed E-state index contributed by atoms with van der Waals surface area (Å²) in [5, 5.41) is 4.99. The molecule has 0 atom stereocenters. The molecule has 0 saturated heterocycles. The van der Waals surface area contributed by atoms with Gasteiger partial charge in [-0.3, -0.25) is 4.98 Å². The van der Waals surface area contributed by atoms with Crippen molar-refractivity contribution in [2.24, 2.45) is 0 Å². The van der Waals surface area contributed by atoms with E-state index < -0.39 is 0 Å². The van der Waals surface area contributed by atoms with Gasteiger partial charge in [-0.1, -0.05) is 19.9 Å². The van der Waals surface area contributed by atoms with Gasteiger partial charge in [0, 0.05) is 71.5 Å². The number of anilines is 3. The predicted octanol–water partition coefficient (Wildman–Crippen LogP) is 6.83. The molecule has 1 aromatic carbocycles. The number of pyridine rings is 2. The highest BCUT2D eigenvalue weighted by Gasteiger charge is 2.16. The molecule has 2 N–H and O–H groups in total. The van der Waals surface area contributed by atoms with E-state index in [4.69, 9.17) is 9.72 Å². The van der Waals surface area contributed by atoms with Crippen molar-refractivity contribution >= 4 is 28.1 Å². The van der Waals surface area contributed by atoms with Gasteiger partial charge >= 0.3 is 0 Å². The van der Waals surface area contributed by atoms with E-state index in [2.05, 4.69) is 58.3 Å². The molecule has 6 nitrogen and oxygen atoms in total. The van der Waals surface area contributed by atoms with Crippen LogP contribution in [0.25, 0.3) is 10.9 Å². The molecule has 3 heterocycles. The Kier molecular flexibility index (Phi) is 7.70. The van der Waals surface area contributed by atoms with Gasteiger partial charge in [-0.25, -0.2) is 0 Å². The molecule has 1 aliphatic carbocycles. The molecule has 0 unspecified atom stereocenters. The zero-order valence-corrected chi connectivity index (χ0v) is 21.5. The average molecular weight is 484 g/mol. The number of nitrogens with one attached hydrogen (secondary N) is 2. The molecule has 0 radical (unpaired) electrons. The quantitative estimate of drug-likeness (QED) is 0.245. The molecule has 1 aliphatic rings. The largest absolute Gasteiger partial charge is 0.477 e. The highest BCUT2D eigenvalue weighted by Crippen LogP contribution is 2.33. The minimum absolute atomic E-state index is 0.538. The molecule has 5 rings (SSSR count). The fourth-order valence-electron chi connectivity index (χ4n) is 5.14. The number of ether oxygens (including phenoxy) is 1. The first-order valence-electron chi connectivity index (χ1n) is 13.4. The van der Waals surface area contributed by atoms with E-state index in [0.29, 0.717) is 12.5 Å². The van der Waals surface area contributed by atoms with Crippen LogP contribution in [0.15, 0.2) is 54.7 Å². The molecule has 3 aromatic heterocycles. The van der Waals surface area contributed by atoms with Gasteiger partial charge in [0.15, 0.2) is 0 Å². The molecule has 0 bridgehead atoms. The fraction of sp³-hybridized carbons (Fsp3) is 0.400. The summed E-state index contributed by atoms with van der Waals surface area (Å²) < 4.78 is 6.14. The third-order valence-electron chi connectivity index (χ3n) is 6.82. The van der Waals surface area contributed by atoms with Crippen LogP contribution in [0.2, 0.25) is 0 Å².